The highest BCUT2D eigenvalue weighted by atomic mass is 16.3. The Morgan fingerprint density at radius 3 is 2.23 bits per heavy atom. The van der Waals surface area contributed by atoms with Gasteiger partial charge in [-0.25, -0.2) is 0 Å². The first kappa shape index (κ1) is 23.7. The standard InChI is InChI=1S/C38H23N3O2/c1-2-6-24(7-3-1)26-11-10-25-12-13-28(21-27(25)20-26)41(29-14-16-35-32(22-29)33-23-39-19-18-36(33)42-35)37-17-15-31-30-8-4-5-9-34(30)43-38(31)40-37/h1-23H. The van der Waals surface area contributed by atoms with E-state index >= 15 is 0 Å². The van der Waals surface area contributed by atoms with E-state index in [9.17, 15) is 0 Å². The Balaban J connectivity index is 1.26. The number of benzene rings is 5. The summed E-state index contributed by atoms with van der Waals surface area (Å²) in [6, 6.07) is 44.0. The van der Waals surface area contributed by atoms with E-state index in [0.29, 0.717) is 5.71 Å². The first-order valence-corrected chi connectivity index (χ1v) is 14.2. The largest absolute Gasteiger partial charge is 0.456 e. The lowest BCUT2D eigenvalue weighted by molar-refractivity contribution is 0.654. The molecule has 0 fully saturated rings. The molecule has 0 saturated carbocycles. The minimum atomic E-state index is 0.606. The monoisotopic (exact) mass is 553 g/mol. The van der Waals surface area contributed by atoms with Gasteiger partial charge in [0.15, 0.2) is 0 Å². The predicted octanol–water partition coefficient (Wildman–Crippen LogP) is 10.6. The highest BCUT2D eigenvalue weighted by Gasteiger charge is 2.19. The molecule has 5 nitrogen and oxygen atoms in total. The van der Waals surface area contributed by atoms with Gasteiger partial charge in [-0.05, 0) is 82.6 Å². The maximum absolute atomic E-state index is 6.20. The van der Waals surface area contributed by atoms with Crippen LogP contribution in [0.4, 0.5) is 17.2 Å². The highest BCUT2D eigenvalue weighted by Crippen LogP contribution is 2.40. The van der Waals surface area contributed by atoms with E-state index in [-0.39, 0.29) is 0 Å². The van der Waals surface area contributed by atoms with Crippen molar-refractivity contribution >= 4 is 72.0 Å². The number of pyridine rings is 2. The zero-order valence-corrected chi connectivity index (χ0v) is 22.9. The molecule has 0 atom stereocenters. The maximum atomic E-state index is 6.20. The van der Waals surface area contributed by atoms with Crippen molar-refractivity contribution in [3.63, 3.8) is 0 Å². The molecule has 0 aliphatic rings. The normalized spacial score (nSPS) is 11.7. The summed E-state index contributed by atoms with van der Waals surface area (Å²) < 4.78 is 12.3. The van der Waals surface area contributed by atoms with Crippen LogP contribution in [-0.4, -0.2) is 9.97 Å². The minimum Gasteiger partial charge on any atom is -0.456 e. The fraction of sp³-hybridized carbons (Fsp3) is 0. The van der Waals surface area contributed by atoms with Crippen molar-refractivity contribution in [1.82, 2.24) is 9.97 Å². The highest BCUT2D eigenvalue weighted by molar-refractivity contribution is 6.07. The Hall–Kier alpha value is -5.94. The average Bonchev–Trinajstić information content (AvgIpc) is 3.63. The van der Waals surface area contributed by atoms with Crippen molar-refractivity contribution in [2.75, 3.05) is 4.90 Å². The predicted molar refractivity (Wildman–Crippen MR) is 174 cm³/mol. The van der Waals surface area contributed by atoms with Crippen LogP contribution in [0.2, 0.25) is 0 Å². The van der Waals surface area contributed by atoms with Crippen LogP contribution >= 0.6 is 0 Å². The molecule has 0 saturated heterocycles. The number of hydrogen-bond donors (Lipinski definition) is 0. The van der Waals surface area contributed by atoms with Crippen LogP contribution in [0, 0.1) is 0 Å². The number of nitrogens with zero attached hydrogens (tertiary/aromatic N) is 3. The lowest BCUT2D eigenvalue weighted by atomic mass is 10.0. The first-order chi connectivity index (χ1) is 21.3. The lowest BCUT2D eigenvalue weighted by Gasteiger charge is -2.24. The third-order valence-electron chi connectivity index (χ3n) is 8.16. The third kappa shape index (κ3) is 3.86. The Morgan fingerprint density at radius 2 is 1.28 bits per heavy atom. The zero-order chi connectivity index (χ0) is 28.3. The molecular formula is C38H23N3O2. The van der Waals surface area contributed by atoms with Gasteiger partial charge in [-0.1, -0.05) is 66.7 Å². The Kier molecular flexibility index (Phi) is 5.13. The molecular weight excluding hydrogens is 530 g/mol. The minimum absolute atomic E-state index is 0.606. The molecule has 0 spiro atoms. The average molecular weight is 554 g/mol. The summed E-state index contributed by atoms with van der Waals surface area (Å²) in [6.07, 6.45) is 3.61. The van der Waals surface area contributed by atoms with Crippen molar-refractivity contribution in [2.45, 2.75) is 0 Å². The maximum Gasteiger partial charge on any atom is 0.229 e. The summed E-state index contributed by atoms with van der Waals surface area (Å²) in [4.78, 5) is 11.6. The van der Waals surface area contributed by atoms with E-state index < -0.39 is 0 Å². The summed E-state index contributed by atoms with van der Waals surface area (Å²) in [5, 5.41) is 6.35. The molecule has 0 amide bonds. The van der Waals surface area contributed by atoms with Gasteiger partial charge < -0.3 is 8.83 Å². The van der Waals surface area contributed by atoms with Gasteiger partial charge in [0.1, 0.15) is 22.6 Å². The second-order valence-corrected chi connectivity index (χ2v) is 10.7. The zero-order valence-electron chi connectivity index (χ0n) is 22.9. The molecule has 5 aromatic carbocycles. The summed E-state index contributed by atoms with van der Waals surface area (Å²) in [7, 11) is 0. The van der Waals surface area contributed by atoms with E-state index in [1.54, 1.807) is 6.20 Å². The van der Waals surface area contributed by atoms with Gasteiger partial charge in [-0.15, -0.1) is 0 Å². The van der Waals surface area contributed by atoms with E-state index in [0.717, 1.165) is 60.9 Å². The number of furan rings is 2. The quantitative estimate of drug-likeness (QED) is 0.217. The van der Waals surface area contributed by atoms with Crippen molar-refractivity contribution in [3.05, 3.63) is 140 Å². The van der Waals surface area contributed by atoms with Crippen LogP contribution in [-0.2, 0) is 0 Å². The Morgan fingerprint density at radius 1 is 0.488 bits per heavy atom. The van der Waals surface area contributed by atoms with Crippen LogP contribution in [0.1, 0.15) is 0 Å². The number of hydrogen-bond acceptors (Lipinski definition) is 5. The molecule has 5 heteroatoms. The van der Waals surface area contributed by atoms with Gasteiger partial charge in [0.05, 0.1) is 0 Å². The van der Waals surface area contributed by atoms with Crippen LogP contribution in [0.25, 0.3) is 65.9 Å². The molecule has 43 heavy (non-hydrogen) atoms. The summed E-state index contributed by atoms with van der Waals surface area (Å²) in [5.74, 6) is 0.760. The van der Waals surface area contributed by atoms with Crippen molar-refractivity contribution in [2.24, 2.45) is 0 Å². The van der Waals surface area contributed by atoms with Gasteiger partial charge in [0.2, 0.25) is 5.71 Å². The Bertz CT molecular complexity index is 2480. The van der Waals surface area contributed by atoms with Crippen LogP contribution in [0.3, 0.4) is 0 Å². The van der Waals surface area contributed by atoms with E-state index in [4.69, 9.17) is 13.8 Å². The fourth-order valence-electron chi connectivity index (χ4n) is 6.07. The Labute approximate surface area is 246 Å². The molecule has 0 aliphatic carbocycles. The molecule has 4 heterocycles. The van der Waals surface area contributed by atoms with Gasteiger partial charge in [0, 0.05) is 45.3 Å². The summed E-state index contributed by atoms with van der Waals surface area (Å²) in [5.41, 5.74) is 7.38. The SMILES string of the molecule is c1ccc(-c2ccc3ccc(N(c4ccc5oc6ccncc6c5c4)c4ccc5c(n4)oc4ccccc45)cc3c2)cc1. The van der Waals surface area contributed by atoms with Crippen LogP contribution in [0.15, 0.2) is 149 Å². The van der Waals surface area contributed by atoms with E-state index in [1.807, 2.05) is 42.6 Å². The smallest absolute Gasteiger partial charge is 0.229 e. The molecule has 9 aromatic rings. The van der Waals surface area contributed by atoms with Gasteiger partial charge in [-0.2, -0.15) is 4.98 Å². The number of fused-ring (bicyclic) bond motifs is 7. The van der Waals surface area contributed by atoms with Crippen molar-refractivity contribution in [1.29, 1.82) is 0 Å². The second-order valence-electron chi connectivity index (χ2n) is 10.7. The van der Waals surface area contributed by atoms with E-state index in [1.165, 1.54) is 16.5 Å². The van der Waals surface area contributed by atoms with Crippen LogP contribution < -0.4 is 4.90 Å². The van der Waals surface area contributed by atoms with Gasteiger partial charge >= 0.3 is 0 Å². The topological polar surface area (TPSA) is 55.3 Å². The van der Waals surface area contributed by atoms with Crippen molar-refractivity contribution < 1.29 is 8.83 Å². The molecule has 9 rings (SSSR count). The number of rotatable bonds is 4. The molecule has 202 valence electrons. The number of para-hydroxylation sites is 1. The first-order valence-electron chi connectivity index (χ1n) is 14.2. The fourth-order valence-corrected chi connectivity index (χ4v) is 6.07. The van der Waals surface area contributed by atoms with Crippen molar-refractivity contribution in [3.8, 4) is 11.1 Å². The second kappa shape index (κ2) is 9.29. The molecule has 0 unspecified atom stereocenters. The molecule has 0 aliphatic heterocycles. The lowest BCUT2D eigenvalue weighted by Crippen LogP contribution is -2.11. The van der Waals surface area contributed by atoms with Crippen LogP contribution in [0.5, 0.6) is 0 Å². The third-order valence-corrected chi connectivity index (χ3v) is 8.16. The molecule has 0 bridgehead atoms. The van der Waals surface area contributed by atoms with Gasteiger partial charge in [0.25, 0.3) is 0 Å². The summed E-state index contributed by atoms with van der Waals surface area (Å²) >= 11 is 0. The van der Waals surface area contributed by atoms with Gasteiger partial charge in [-0.3, -0.25) is 9.88 Å². The molecule has 4 aromatic heterocycles. The number of aromatic nitrogens is 2. The number of anilines is 3. The summed E-state index contributed by atoms with van der Waals surface area (Å²) in [6.45, 7) is 0. The van der Waals surface area contributed by atoms with E-state index in [2.05, 4.69) is 101 Å². The molecule has 0 N–H and O–H groups in total. The molecule has 0 radical (unpaired) electrons.